The molecule has 0 atom stereocenters. The Morgan fingerprint density at radius 2 is 1.41 bits per heavy atom. The van der Waals surface area contributed by atoms with Crippen LogP contribution in [0.15, 0.2) is 48.7 Å². The van der Waals surface area contributed by atoms with E-state index in [0.29, 0.717) is 21.8 Å². The highest BCUT2D eigenvalue weighted by molar-refractivity contribution is 6.31. The molecule has 2 aliphatic rings. The van der Waals surface area contributed by atoms with E-state index in [1.54, 1.807) is 12.3 Å². The van der Waals surface area contributed by atoms with Crippen LogP contribution in [0.5, 0.6) is 0 Å². The van der Waals surface area contributed by atoms with Crippen LogP contribution in [0.25, 0.3) is 10.9 Å². The van der Waals surface area contributed by atoms with Crippen molar-refractivity contribution in [2.24, 2.45) is 0 Å². The molecule has 2 aromatic carbocycles. The molecule has 0 radical (unpaired) electrons. The van der Waals surface area contributed by atoms with Crippen LogP contribution in [0.1, 0.15) is 46.4 Å². The van der Waals surface area contributed by atoms with Crippen LogP contribution in [0, 0.1) is 0 Å². The largest absolute Gasteiger partial charge is 0.355 e. The van der Waals surface area contributed by atoms with Crippen LogP contribution in [-0.2, 0) is 0 Å². The number of hydrogen-bond acceptors (Lipinski definition) is 4. The molecule has 164 valence electrons. The number of pyridine rings is 1. The summed E-state index contributed by atoms with van der Waals surface area (Å²) < 4.78 is 0. The van der Waals surface area contributed by atoms with Gasteiger partial charge in [0.25, 0.3) is 11.8 Å². The molecule has 0 spiro atoms. The average Bonchev–Trinajstić information content (AvgIpc) is 3.52. The molecule has 0 aliphatic carbocycles. The maximum absolute atomic E-state index is 13.1. The molecule has 1 N–H and O–H groups in total. The van der Waals surface area contributed by atoms with E-state index >= 15 is 0 Å². The first-order chi connectivity index (χ1) is 15.6. The fourth-order valence-corrected chi connectivity index (χ4v) is 4.70. The molecule has 5 rings (SSSR count). The third-order valence-electron chi connectivity index (χ3n) is 6.20. The van der Waals surface area contributed by atoms with Gasteiger partial charge in [0.15, 0.2) is 0 Å². The summed E-state index contributed by atoms with van der Waals surface area (Å²) in [7, 11) is 0. The van der Waals surface area contributed by atoms with Crippen molar-refractivity contribution in [2.45, 2.75) is 25.7 Å². The van der Waals surface area contributed by atoms with Crippen LogP contribution < -0.4 is 5.32 Å². The molecule has 0 bridgehead atoms. The highest BCUT2D eigenvalue weighted by atomic mass is 35.5. The van der Waals surface area contributed by atoms with Crippen molar-refractivity contribution in [3.63, 3.8) is 0 Å². The highest BCUT2D eigenvalue weighted by Gasteiger charge is 2.24. The molecular formula is C25H25ClN4O2. The first-order valence-electron chi connectivity index (χ1n) is 11.1. The minimum Gasteiger partial charge on any atom is -0.355 e. The van der Waals surface area contributed by atoms with E-state index in [2.05, 4.69) is 10.3 Å². The third-order valence-corrected chi connectivity index (χ3v) is 6.43. The van der Waals surface area contributed by atoms with E-state index in [-0.39, 0.29) is 11.8 Å². The number of benzene rings is 2. The molecule has 3 aromatic rings. The molecule has 32 heavy (non-hydrogen) atoms. The Morgan fingerprint density at radius 1 is 0.812 bits per heavy atom. The Balaban J connectivity index is 1.53. The fourth-order valence-electron chi connectivity index (χ4n) is 4.54. The van der Waals surface area contributed by atoms with Gasteiger partial charge in [0.05, 0.1) is 5.52 Å². The first kappa shape index (κ1) is 20.8. The Bertz CT molecular complexity index is 1140. The molecule has 0 saturated carbocycles. The number of halogens is 1. The van der Waals surface area contributed by atoms with Gasteiger partial charge in [-0.2, -0.15) is 0 Å². The lowest BCUT2D eigenvalue weighted by molar-refractivity contribution is 0.0791. The zero-order valence-electron chi connectivity index (χ0n) is 17.8. The minimum absolute atomic E-state index is 0.0204. The molecule has 1 aromatic heterocycles. The summed E-state index contributed by atoms with van der Waals surface area (Å²) >= 11 is 6.12. The second kappa shape index (κ2) is 8.79. The number of anilines is 2. The number of rotatable bonds is 4. The van der Waals surface area contributed by atoms with E-state index in [9.17, 15) is 9.59 Å². The van der Waals surface area contributed by atoms with Crippen LogP contribution >= 0.6 is 11.6 Å². The van der Waals surface area contributed by atoms with Crippen molar-refractivity contribution in [2.75, 3.05) is 31.5 Å². The molecule has 2 fully saturated rings. The quantitative estimate of drug-likeness (QED) is 0.602. The summed E-state index contributed by atoms with van der Waals surface area (Å²) in [6, 6.07) is 12.9. The van der Waals surface area contributed by atoms with Crippen molar-refractivity contribution in [3.8, 4) is 0 Å². The monoisotopic (exact) mass is 448 g/mol. The summed E-state index contributed by atoms with van der Waals surface area (Å²) in [5, 5.41) is 4.95. The van der Waals surface area contributed by atoms with Gasteiger partial charge in [-0.1, -0.05) is 11.6 Å². The third kappa shape index (κ3) is 4.15. The zero-order chi connectivity index (χ0) is 22.1. The second-order valence-corrected chi connectivity index (χ2v) is 8.88. The van der Waals surface area contributed by atoms with Gasteiger partial charge < -0.3 is 15.1 Å². The number of amides is 2. The van der Waals surface area contributed by atoms with Gasteiger partial charge in [0.1, 0.15) is 0 Å². The highest BCUT2D eigenvalue weighted by Crippen LogP contribution is 2.29. The van der Waals surface area contributed by atoms with Gasteiger partial charge in [-0.3, -0.25) is 14.6 Å². The zero-order valence-corrected chi connectivity index (χ0v) is 18.6. The number of carbonyl (C=O) groups excluding carboxylic acids is 2. The van der Waals surface area contributed by atoms with Gasteiger partial charge in [0.2, 0.25) is 0 Å². The summed E-state index contributed by atoms with van der Waals surface area (Å²) in [5.41, 5.74) is 3.42. The molecule has 0 unspecified atom stereocenters. The van der Waals surface area contributed by atoms with Gasteiger partial charge in [-0.05, 0) is 68.1 Å². The minimum atomic E-state index is -0.0204. The second-order valence-electron chi connectivity index (χ2n) is 8.44. The summed E-state index contributed by atoms with van der Waals surface area (Å²) in [4.78, 5) is 34.4. The number of fused-ring (bicyclic) bond motifs is 1. The van der Waals surface area contributed by atoms with Crippen LogP contribution in [-0.4, -0.2) is 52.8 Å². The standard InChI is InChI=1S/C25H25ClN4O2/c26-19-5-6-21-22(7-8-27-23(21)16-19)28-20-14-17(24(31)29-9-1-2-10-29)13-18(15-20)25(32)30-11-3-4-12-30/h5-8,13-16H,1-4,9-12H2,(H,27,28). The summed E-state index contributed by atoms with van der Waals surface area (Å²) in [6.45, 7) is 3.06. The lowest BCUT2D eigenvalue weighted by Crippen LogP contribution is -2.30. The van der Waals surface area contributed by atoms with Crippen molar-refractivity contribution in [1.29, 1.82) is 0 Å². The number of nitrogens with zero attached hydrogens (tertiary/aromatic N) is 3. The van der Waals surface area contributed by atoms with E-state index in [1.165, 1.54) is 0 Å². The Kier molecular flexibility index (Phi) is 5.70. The van der Waals surface area contributed by atoms with Gasteiger partial charge in [0, 0.05) is 65.3 Å². The Hall–Kier alpha value is -3.12. The summed E-state index contributed by atoms with van der Waals surface area (Å²) in [6.07, 6.45) is 5.81. The van der Waals surface area contributed by atoms with E-state index in [0.717, 1.165) is 68.5 Å². The number of nitrogens with one attached hydrogen (secondary N) is 1. The van der Waals surface area contributed by atoms with Crippen LogP contribution in [0.2, 0.25) is 5.02 Å². The lowest BCUT2D eigenvalue weighted by Gasteiger charge is -2.20. The maximum atomic E-state index is 13.1. The van der Waals surface area contributed by atoms with Gasteiger partial charge in [-0.15, -0.1) is 0 Å². The van der Waals surface area contributed by atoms with Crippen molar-refractivity contribution in [3.05, 3.63) is 64.8 Å². The number of aromatic nitrogens is 1. The van der Waals surface area contributed by atoms with E-state index in [4.69, 9.17) is 11.6 Å². The smallest absolute Gasteiger partial charge is 0.253 e. The van der Waals surface area contributed by atoms with E-state index in [1.807, 2.05) is 46.2 Å². The van der Waals surface area contributed by atoms with Gasteiger partial charge in [-0.25, -0.2) is 0 Å². The molecular weight excluding hydrogens is 424 g/mol. The lowest BCUT2D eigenvalue weighted by atomic mass is 10.1. The predicted molar refractivity (Wildman–Crippen MR) is 127 cm³/mol. The molecule has 2 aliphatic heterocycles. The number of likely N-dealkylation sites (tertiary alicyclic amines) is 2. The molecule has 3 heterocycles. The molecule has 7 heteroatoms. The molecule has 6 nitrogen and oxygen atoms in total. The van der Waals surface area contributed by atoms with Crippen LogP contribution in [0.3, 0.4) is 0 Å². The average molecular weight is 449 g/mol. The Labute approximate surface area is 192 Å². The number of carbonyl (C=O) groups is 2. The van der Waals surface area contributed by atoms with E-state index < -0.39 is 0 Å². The molecule has 2 saturated heterocycles. The van der Waals surface area contributed by atoms with Crippen LogP contribution in [0.4, 0.5) is 11.4 Å². The summed E-state index contributed by atoms with van der Waals surface area (Å²) in [5.74, 6) is -0.0408. The van der Waals surface area contributed by atoms with Crippen molar-refractivity contribution in [1.82, 2.24) is 14.8 Å². The van der Waals surface area contributed by atoms with Crippen molar-refractivity contribution < 1.29 is 9.59 Å². The first-order valence-corrected chi connectivity index (χ1v) is 11.5. The number of hydrogen-bond donors (Lipinski definition) is 1. The molecule has 2 amide bonds. The van der Waals surface area contributed by atoms with Gasteiger partial charge >= 0.3 is 0 Å². The maximum Gasteiger partial charge on any atom is 0.253 e. The predicted octanol–water partition coefficient (Wildman–Crippen LogP) is 5.10. The fraction of sp³-hybridized carbons (Fsp3) is 0.320. The SMILES string of the molecule is O=C(c1cc(Nc2ccnc3cc(Cl)ccc23)cc(C(=O)N2CCCC2)c1)N1CCCC1. The van der Waals surface area contributed by atoms with Crippen molar-refractivity contribution >= 4 is 45.7 Å². The Morgan fingerprint density at radius 3 is 2.00 bits per heavy atom. The normalized spacial score (nSPS) is 16.0. The topological polar surface area (TPSA) is 65.5 Å².